The Morgan fingerprint density at radius 2 is 1.79 bits per heavy atom. The number of rotatable bonds is 3. The van der Waals surface area contributed by atoms with Gasteiger partial charge in [-0.05, 0) is 64.8 Å². The van der Waals surface area contributed by atoms with E-state index in [2.05, 4.69) is 21.2 Å². The molecule has 0 bridgehead atoms. The average molecular weight is 343 g/mol. The van der Waals surface area contributed by atoms with Crippen LogP contribution in [0.5, 0.6) is 0 Å². The Hall–Kier alpha value is -0.900. The molecule has 0 spiro atoms. The van der Waals surface area contributed by atoms with Gasteiger partial charge in [-0.2, -0.15) is 0 Å². The summed E-state index contributed by atoms with van der Waals surface area (Å²) in [4.78, 5) is 0. The maximum absolute atomic E-state index is 13.7. The Kier molecular flexibility index (Phi) is 4.61. The summed E-state index contributed by atoms with van der Waals surface area (Å²) in [5.41, 5.74) is 2.52. The fraction of sp³-hybridized carbons (Fsp3) is 0.200. The number of aryl methyl sites for hydroxylation is 1. The van der Waals surface area contributed by atoms with Crippen molar-refractivity contribution in [2.24, 2.45) is 0 Å². The van der Waals surface area contributed by atoms with Crippen molar-refractivity contribution in [1.29, 1.82) is 0 Å². The van der Waals surface area contributed by atoms with Gasteiger partial charge < -0.3 is 5.32 Å². The summed E-state index contributed by atoms with van der Waals surface area (Å²) < 4.78 is 14.5. The molecule has 1 nitrogen and oxygen atoms in total. The van der Waals surface area contributed by atoms with Gasteiger partial charge in [0, 0.05) is 4.47 Å². The van der Waals surface area contributed by atoms with Gasteiger partial charge in [0.15, 0.2) is 0 Å². The topological polar surface area (TPSA) is 12.0 Å². The lowest BCUT2D eigenvalue weighted by atomic mass is 9.98. The van der Waals surface area contributed by atoms with E-state index in [1.54, 1.807) is 19.1 Å². The largest absolute Gasteiger partial charge is 0.309 e. The van der Waals surface area contributed by atoms with Gasteiger partial charge in [0.25, 0.3) is 0 Å². The van der Waals surface area contributed by atoms with E-state index in [1.165, 1.54) is 0 Å². The molecule has 1 atom stereocenters. The van der Waals surface area contributed by atoms with Crippen LogP contribution >= 0.6 is 27.5 Å². The Morgan fingerprint density at radius 1 is 1.16 bits per heavy atom. The monoisotopic (exact) mass is 341 g/mol. The van der Waals surface area contributed by atoms with E-state index >= 15 is 0 Å². The van der Waals surface area contributed by atoms with Crippen LogP contribution in [0.15, 0.2) is 40.9 Å². The maximum Gasteiger partial charge on any atom is 0.126 e. The molecule has 0 aliphatic rings. The van der Waals surface area contributed by atoms with Crippen LogP contribution in [0.2, 0.25) is 5.02 Å². The number of halogens is 3. The van der Waals surface area contributed by atoms with Crippen molar-refractivity contribution in [2.75, 3.05) is 7.05 Å². The molecule has 0 fully saturated rings. The molecule has 1 unspecified atom stereocenters. The maximum atomic E-state index is 13.7. The minimum Gasteiger partial charge on any atom is -0.309 e. The summed E-state index contributed by atoms with van der Waals surface area (Å²) in [6.07, 6.45) is 0. The molecule has 0 amide bonds. The predicted octanol–water partition coefficient (Wildman–Crippen LogP) is 4.86. The zero-order valence-corrected chi connectivity index (χ0v) is 13.0. The van der Waals surface area contributed by atoms with Crippen molar-refractivity contribution in [2.45, 2.75) is 13.0 Å². The van der Waals surface area contributed by atoms with Crippen molar-refractivity contribution in [3.8, 4) is 0 Å². The van der Waals surface area contributed by atoms with E-state index in [1.807, 2.05) is 31.3 Å². The zero-order valence-electron chi connectivity index (χ0n) is 10.7. The van der Waals surface area contributed by atoms with Crippen molar-refractivity contribution < 1.29 is 4.39 Å². The molecule has 2 aromatic carbocycles. The number of benzene rings is 2. The van der Waals surface area contributed by atoms with Crippen LogP contribution in [0.25, 0.3) is 0 Å². The van der Waals surface area contributed by atoms with Crippen LogP contribution in [-0.4, -0.2) is 7.05 Å². The summed E-state index contributed by atoms with van der Waals surface area (Å²) in [6.45, 7) is 1.75. The second-order valence-electron chi connectivity index (χ2n) is 4.40. The van der Waals surface area contributed by atoms with Crippen molar-refractivity contribution in [3.63, 3.8) is 0 Å². The zero-order chi connectivity index (χ0) is 14.0. The molecule has 2 aromatic rings. The molecule has 0 radical (unpaired) electrons. The van der Waals surface area contributed by atoms with Crippen LogP contribution < -0.4 is 5.32 Å². The minimum atomic E-state index is -0.194. The summed E-state index contributed by atoms with van der Waals surface area (Å²) in [5, 5.41) is 3.83. The molecular weight excluding hydrogens is 329 g/mol. The van der Waals surface area contributed by atoms with Crippen molar-refractivity contribution in [3.05, 3.63) is 68.4 Å². The molecule has 0 aliphatic heterocycles. The van der Waals surface area contributed by atoms with Crippen molar-refractivity contribution >= 4 is 27.5 Å². The third-order valence-electron chi connectivity index (χ3n) is 3.09. The Labute approximate surface area is 125 Å². The van der Waals surface area contributed by atoms with Gasteiger partial charge in [0.2, 0.25) is 0 Å². The van der Waals surface area contributed by atoms with Crippen LogP contribution in [0.3, 0.4) is 0 Å². The van der Waals surface area contributed by atoms with E-state index in [-0.39, 0.29) is 11.9 Å². The number of hydrogen-bond acceptors (Lipinski definition) is 1. The molecule has 100 valence electrons. The predicted molar refractivity (Wildman–Crippen MR) is 81.2 cm³/mol. The standard InChI is InChI=1S/C15H14BrClFN/c1-9-3-4-11(8-14(9)18)15(19-2)10-5-6-12(16)13(17)7-10/h3-8,15,19H,1-2H3. The highest BCUT2D eigenvalue weighted by Crippen LogP contribution is 2.29. The fourth-order valence-corrected chi connectivity index (χ4v) is 2.44. The molecule has 0 saturated heterocycles. The highest BCUT2D eigenvalue weighted by Gasteiger charge is 2.14. The first-order valence-electron chi connectivity index (χ1n) is 5.91. The Balaban J connectivity index is 2.43. The molecule has 1 N–H and O–H groups in total. The van der Waals surface area contributed by atoms with Crippen LogP contribution in [0.4, 0.5) is 4.39 Å². The molecule has 0 aromatic heterocycles. The third-order valence-corrected chi connectivity index (χ3v) is 4.33. The van der Waals surface area contributed by atoms with E-state index in [0.717, 1.165) is 15.6 Å². The minimum absolute atomic E-state index is 0.0827. The smallest absolute Gasteiger partial charge is 0.126 e. The van der Waals surface area contributed by atoms with Crippen LogP contribution in [0.1, 0.15) is 22.7 Å². The van der Waals surface area contributed by atoms with Gasteiger partial charge in [-0.1, -0.05) is 29.8 Å². The van der Waals surface area contributed by atoms with Crippen molar-refractivity contribution in [1.82, 2.24) is 5.32 Å². The van der Waals surface area contributed by atoms with Gasteiger partial charge in [0.05, 0.1) is 11.1 Å². The molecule has 0 heterocycles. The van der Waals surface area contributed by atoms with E-state index in [9.17, 15) is 4.39 Å². The lowest BCUT2D eigenvalue weighted by Crippen LogP contribution is -2.17. The third kappa shape index (κ3) is 3.16. The second kappa shape index (κ2) is 6.04. The van der Waals surface area contributed by atoms with Crippen LogP contribution in [-0.2, 0) is 0 Å². The Morgan fingerprint density at radius 3 is 2.37 bits per heavy atom. The quantitative estimate of drug-likeness (QED) is 0.840. The normalized spacial score (nSPS) is 12.5. The van der Waals surface area contributed by atoms with Gasteiger partial charge in [-0.3, -0.25) is 0 Å². The van der Waals surface area contributed by atoms with Gasteiger partial charge in [-0.15, -0.1) is 0 Å². The Bertz CT molecular complexity index is 549. The number of hydrogen-bond donors (Lipinski definition) is 1. The lowest BCUT2D eigenvalue weighted by molar-refractivity contribution is 0.608. The summed E-state index contributed by atoms with van der Waals surface area (Å²) in [6, 6.07) is 10.9. The average Bonchev–Trinajstić information content (AvgIpc) is 2.39. The van der Waals surface area contributed by atoms with E-state index < -0.39 is 0 Å². The first-order valence-corrected chi connectivity index (χ1v) is 7.08. The molecule has 19 heavy (non-hydrogen) atoms. The number of nitrogens with one attached hydrogen (secondary N) is 1. The summed E-state index contributed by atoms with van der Waals surface area (Å²) in [7, 11) is 1.85. The highest BCUT2D eigenvalue weighted by atomic mass is 79.9. The lowest BCUT2D eigenvalue weighted by Gasteiger charge is -2.18. The molecule has 2 rings (SSSR count). The first-order chi connectivity index (χ1) is 9.02. The van der Waals surface area contributed by atoms with Gasteiger partial charge in [-0.25, -0.2) is 4.39 Å². The second-order valence-corrected chi connectivity index (χ2v) is 5.67. The van der Waals surface area contributed by atoms with Gasteiger partial charge >= 0.3 is 0 Å². The molecule has 0 saturated carbocycles. The molecule has 0 aliphatic carbocycles. The van der Waals surface area contributed by atoms with E-state index in [0.29, 0.717) is 10.6 Å². The summed E-state index contributed by atoms with van der Waals surface area (Å²) in [5.74, 6) is -0.194. The molecular formula is C15H14BrClFN. The van der Waals surface area contributed by atoms with Crippen LogP contribution in [0, 0.1) is 12.7 Å². The fourth-order valence-electron chi connectivity index (χ4n) is 2.01. The first kappa shape index (κ1) is 14.5. The summed E-state index contributed by atoms with van der Waals surface area (Å²) >= 11 is 9.48. The van der Waals surface area contributed by atoms with E-state index in [4.69, 9.17) is 11.6 Å². The SMILES string of the molecule is CNC(c1ccc(C)c(F)c1)c1ccc(Br)c(Cl)c1. The molecule has 4 heteroatoms. The van der Waals surface area contributed by atoms with Gasteiger partial charge in [0.1, 0.15) is 5.82 Å². The highest BCUT2D eigenvalue weighted by molar-refractivity contribution is 9.10.